The molecule has 0 bridgehead atoms. The first-order valence-electron chi connectivity index (χ1n) is 13.7. The summed E-state index contributed by atoms with van der Waals surface area (Å²) >= 11 is 0. The molecule has 0 saturated carbocycles. The third-order valence-electron chi connectivity index (χ3n) is 7.21. The molecule has 0 spiro atoms. The molecule has 38 heavy (non-hydrogen) atoms. The van der Waals surface area contributed by atoms with Crippen LogP contribution < -0.4 is 18.3 Å². The Bertz CT molecular complexity index is 1360. The molecule has 5 aromatic rings. The lowest BCUT2D eigenvalue weighted by atomic mass is 10.0. The predicted molar refractivity (Wildman–Crippen MR) is 150 cm³/mol. The van der Waals surface area contributed by atoms with Crippen LogP contribution in [0.5, 0.6) is 0 Å². The van der Waals surface area contributed by atoms with Gasteiger partial charge in [-0.3, -0.25) is 0 Å². The van der Waals surface area contributed by atoms with Crippen LogP contribution in [-0.4, -0.2) is 0 Å². The van der Waals surface area contributed by atoms with Gasteiger partial charge in [0.2, 0.25) is 0 Å². The van der Waals surface area contributed by atoms with Crippen molar-refractivity contribution in [3.63, 3.8) is 0 Å². The summed E-state index contributed by atoms with van der Waals surface area (Å²) < 4.78 is 8.90. The highest BCUT2D eigenvalue weighted by Gasteiger charge is 2.11. The molecule has 0 N–H and O–H groups in total. The van der Waals surface area contributed by atoms with Gasteiger partial charge in [0.15, 0.2) is 62.7 Å². The zero-order valence-electron chi connectivity index (χ0n) is 22.8. The van der Waals surface area contributed by atoms with Crippen LogP contribution in [-0.2, 0) is 32.6 Å². The third-order valence-corrected chi connectivity index (χ3v) is 7.21. The zero-order valence-corrected chi connectivity index (χ0v) is 22.8. The summed E-state index contributed by atoms with van der Waals surface area (Å²) in [6.07, 6.45) is 18.4. The van der Waals surface area contributed by atoms with Crippen molar-refractivity contribution in [2.45, 2.75) is 53.4 Å². The van der Waals surface area contributed by atoms with Gasteiger partial charge in [-0.25, -0.2) is 18.3 Å². The van der Waals surface area contributed by atoms with Gasteiger partial charge in [-0.1, -0.05) is 6.92 Å². The Morgan fingerprint density at radius 1 is 0.395 bits per heavy atom. The van der Waals surface area contributed by atoms with Gasteiger partial charge in [0.25, 0.3) is 0 Å². The lowest BCUT2D eigenvalue weighted by Crippen LogP contribution is -2.34. The first kappa shape index (κ1) is 25.5. The van der Waals surface area contributed by atoms with Crippen molar-refractivity contribution in [3.8, 4) is 22.3 Å². The summed E-state index contributed by atoms with van der Waals surface area (Å²) in [5.74, 6) is 0. The fraction of sp³-hybridized carbons (Fsp3) is 0.235. The van der Waals surface area contributed by atoms with E-state index in [0.29, 0.717) is 0 Å². The molecular formula is C34H38N4+4. The summed E-state index contributed by atoms with van der Waals surface area (Å²) in [5, 5.41) is 0. The zero-order chi connectivity index (χ0) is 26.3. The van der Waals surface area contributed by atoms with E-state index in [1.165, 1.54) is 38.9 Å². The number of hydrogen-bond donors (Lipinski definition) is 0. The van der Waals surface area contributed by atoms with E-state index in [9.17, 15) is 0 Å². The molecule has 0 aliphatic carbocycles. The highest BCUT2D eigenvalue weighted by atomic mass is 14.9. The largest absolute Gasteiger partial charge is 0.205 e. The maximum Gasteiger partial charge on any atom is 0.173 e. The van der Waals surface area contributed by atoms with E-state index in [4.69, 9.17) is 0 Å². The molecule has 4 heteroatoms. The molecule has 4 nitrogen and oxygen atoms in total. The SMILES string of the molecule is CCc1cc(C[n+]2ccc(-c3cc[n+](CC)cc3)cc2)cc(C[n+]2ccc(-c3cc[n+](CC)cc3)cc2)c1. The Morgan fingerprint density at radius 3 is 0.974 bits per heavy atom. The Kier molecular flexibility index (Phi) is 7.98. The fourth-order valence-electron chi connectivity index (χ4n) is 4.88. The number of hydrogen-bond acceptors (Lipinski definition) is 0. The molecule has 0 aliphatic rings. The van der Waals surface area contributed by atoms with Crippen LogP contribution in [0.25, 0.3) is 22.3 Å². The molecule has 0 amide bonds. The van der Waals surface area contributed by atoms with Crippen LogP contribution in [0.3, 0.4) is 0 Å². The van der Waals surface area contributed by atoms with E-state index in [1.807, 2.05) is 0 Å². The van der Waals surface area contributed by atoms with Gasteiger partial charge in [-0.15, -0.1) is 0 Å². The second-order valence-corrected chi connectivity index (χ2v) is 9.86. The molecular weight excluding hydrogens is 464 g/mol. The van der Waals surface area contributed by atoms with Gasteiger partial charge in [0, 0.05) is 59.7 Å². The van der Waals surface area contributed by atoms with Gasteiger partial charge in [-0.05, 0) is 66.3 Å². The van der Waals surface area contributed by atoms with Crippen LogP contribution in [0.4, 0.5) is 0 Å². The summed E-state index contributed by atoms with van der Waals surface area (Å²) in [4.78, 5) is 0. The van der Waals surface area contributed by atoms with E-state index >= 15 is 0 Å². The summed E-state index contributed by atoms with van der Waals surface area (Å²) in [6, 6.07) is 24.6. The lowest BCUT2D eigenvalue weighted by Gasteiger charge is -2.07. The Labute approximate surface area is 226 Å². The maximum atomic E-state index is 2.35. The predicted octanol–water partition coefficient (Wildman–Crippen LogP) is 4.87. The minimum absolute atomic E-state index is 0.862. The number of pyridine rings is 4. The number of aryl methyl sites for hydroxylation is 3. The molecule has 4 heterocycles. The second kappa shape index (κ2) is 11.9. The minimum Gasteiger partial charge on any atom is -0.205 e. The van der Waals surface area contributed by atoms with Crippen molar-refractivity contribution in [2.24, 2.45) is 0 Å². The molecule has 0 saturated heterocycles. The molecule has 0 radical (unpaired) electrons. The normalized spacial score (nSPS) is 11.0. The van der Waals surface area contributed by atoms with Gasteiger partial charge < -0.3 is 0 Å². The van der Waals surface area contributed by atoms with Crippen molar-refractivity contribution in [1.82, 2.24) is 0 Å². The van der Waals surface area contributed by atoms with Gasteiger partial charge in [0.1, 0.15) is 13.1 Å². The van der Waals surface area contributed by atoms with Crippen molar-refractivity contribution < 1.29 is 18.3 Å². The second-order valence-electron chi connectivity index (χ2n) is 9.86. The van der Waals surface area contributed by atoms with Crippen molar-refractivity contribution in [2.75, 3.05) is 0 Å². The molecule has 0 atom stereocenters. The molecule has 190 valence electrons. The van der Waals surface area contributed by atoms with E-state index in [2.05, 4.69) is 155 Å². The first-order valence-corrected chi connectivity index (χ1v) is 13.7. The molecule has 5 rings (SSSR count). The van der Waals surface area contributed by atoms with Crippen LogP contribution in [0.2, 0.25) is 0 Å². The standard InChI is InChI=1S/C34H38N4/c1-4-28-23-29(26-37-19-11-33(12-20-37)31-7-15-35(5-2)16-8-31)25-30(24-28)27-38-21-13-34(14-22-38)32-9-17-36(6-3)18-10-32/h7-25H,4-6,26-27H2,1-3H3/q+4. The summed E-state index contributed by atoms with van der Waals surface area (Å²) in [6.45, 7) is 10.3. The molecule has 1 aromatic carbocycles. The Morgan fingerprint density at radius 2 is 0.684 bits per heavy atom. The van der Waals surface area contributed by atoms with Crippen molar-refractivity contribution in [3.05, 3.63) is 133 Å². The van der Waals surface area contributed by atoms with E-state index in [0.717, 1.165) is 32.6 Å². The maximum absolute atomic E-state index is 2.35. The smallest absolute Gasteiger partial charge is 0.173 e. The van der Waals surface area contributed by atoms with Gasteiger partial charge in [0.05, 0.1) is 0 Å². The molecule has 4 aromatic heterocycles. The topological polar surface area (TPSA) is 15.5 Å². The van der Waals surface area contributed by atoms with Crippen LogP contribution in [0.15, 0.2) is 116 Å². The Hall–Kier alpha value is -4.18. The highest BCUT2D eigenvalue weighted by Crippen LogP contribution is 2.18. The van der Waals surface area contributed by atoms with E-state index in [-0.39, 0.29) is 0 Å². The van der Waals surface area contributed by atoms with Crippen LogP contribution in [0, 0.1) is 0 Å². The first-order chi connectivity index (χ1) is 18.6. The average molecular weight is 503 g/mol. The Balaban J connectivity index is 1.29. The molecule has 0 unspecified atom stereocenters. The van der Waals surface area contributed by atoms with E-state index < -0.39 is 0 Å². The number of aromatic nitrogens is 4. The average Bonchev–Trinajstić information content (AvgIpc) is 2.98. The third kappa shape index (κ3) is 6.20. The number of benzene rings is 1. The van der Waals surface area contributed by atoms with Crippen molar-refractivity contribution >= 4 is 0 Å². The quantitative estimate of drug-likeness (QED) is 0.256. The monoisotopic (exact) mass is 502 g/mol. The molecule has 0 aliphatic heterocycles. The van der Waals surface area contributed by atoms with Gasteiger partial charge in [-0.2, -0.15) is 0 Å². The van der Waals surface area contributed by atoms with Gasteiger partial charge >= 0.3 is 0 Å². The van der Waals surface area contributed by atoms with Crippen LogP contribution >= 0.6 is 0 Å². The minimum atomic E-state index is 0.862. The fourth-order valence-corrected chi connectivity index (χ4v) is 4.88. The molecule has 0 fully saturated rings. The number of nitrogens with zero attached hydrogens (tertiary/aromatic N) is 4. The number of rotatable bonds is 9. The summed E-state index contributed by atoms with van der Waals surface area (Å²) in [7, 11) is 0. The van der Waals surface area contributed by atoms with Crippen LogP contribution in [0.1, 0.15) is 37.5 Å². The lowest BCUT2D eigenvalue weighted by molar-refractivity contribution is -0.693. The highest BCUT2D eigenvalue weighted by molar-refractivity contribution is 5.61. The van der Waals surface area contributed by atoms with Crippen molar-refractivity contribution in [1.29, 1.82) is 0 Å². The summed E-state index contributed by atoms with van der Waals surface area (Å²) in [5.41, 5.74) is 9.04. The van der Waals surface area contributed by atoms with E-state index in [1.54, 1.807) is 0 Å².